The molecule has 0 fully saturated rings. The number of benzene rings is 12. The minimum absolute atomic E-state index is 0.351. The molecule has 0 nitrogen and oxygen atoms in total. The Bertz CT molecular complexity index is 4230. The zero-order valence-electron chi connectivity index (χ0n) is 42.8. The number of fused-ring (bicyclic) bond motifs is 7. The van der Waals surface area contributed by atoms with Gasteiger partial charge in [0.1, 0.15) is 0 Å². The summed E-state index contributed by atoms with van der Waals surface area (Å²) in [5.74, 6) is 0. The van der Waals surface area contributed by atoms with Crippen LogP contribution in [0, 0.1) is 0 Å². The topological polar surface area (TPSA) is 0 Å². The normalized spacial score (nSPS) is 16.0. The number of rotatable bonds is 9. The number of halogens is 2. The third-order valence-electron chi connectivity index (χ3n) is 17.4. The zero-order valence-corrected chi connectivity index (χ0v) is 48.1. The Morgan fingerprint density at radius 3 is 1.17 bits per heavy atom. The van der Waals surface area contributed by atoms with Gasteiger partial charge < -0.3 is 0 Å². The van der Waals surface area contributed by atoms with E-state index in [1.165, 1.54) is 124 Å². The van der Waals surface area contributed by atoms with Crippen molar-refractivity contribution >= 4 is 85.0 Å². The average molecular weight is 1130 g/mol. The van der Waals surface area contributed by atoms with E-state index >= 15 is 0 Å². The van der Waals surface area contributed by atoms with Crippen molar-refractivity contribution < 1.29 is 16.4 Å². The van der Waals surface area contributed by atoms with Gasteiger partial charge >= 0.3 is 471 Å². The van der Waals surface area contributed by atoms with Gasteiger partial charge in [-0.15, -0.1) is 0 Å². The Balaban J connectivity index is 1.03. The first kappa shape index (κ1) is 47.5. The monoisotopic (exact) mass is 1130 g/mol. The molecule has 2 aliphatic carbocycles. The molecule has 1 heterocycles. The van der Waals surface area contributed by atoms with Crippen LogP contribution in [-0.4, -0.2) is 9.52 Å². The first-order chi connectivity index (χ1) is 38.4. The molecule has 0 saturated carbocycles. The van der Waals surface area contributed by atoms with Crippen molar-refractivity contribution in [2.45, 2.75) is 7.25 Å². The summed E-state index contributed by atoms with van der Waals surface area (Å²) in [4.78, 5) is 0. The molecule has 0 saturated heterocycles. The van der Waals surface area contributed by atoms with Crippen LogP contribution < -0.4 is 13.6 Å². The molecule has 0 aromatic heterocycles. The fourth-order valence-electron chi connectivity index (χ4n) is 14.1. The Hall–Kier alpha value is -7.68. The molecule has 2 unspecified atom stereocenters. The fourth-order valence-corrected chi connectivity index (χ4v) is 41.1. The van der Waals surface area contributed by atoms with E-state index < -0.39 is 25.9 Å². The summed E-state index contributed by atoms with van der Waals surface area (Å²) < 4.78 is 0.495. The molecule has 78 heavy (non-hydrogen) atoms. The zero-order chi connectivity index (χ0) is 52.0. The van der Waals surface area contributed by atoms with E-state index in [2.05, 4.69) is 285 Å². The van der Waals surface area contributed by atoms with Crippen LogP contribution >= 0.6 is 17.0 Å². The molecule has 0 spiro atoms. The van der Waals surface area contributed by atoms with Crippen LogP contribution in [0.15, 0.2) is 273 Å². The minimum atomic E-state index is -6.16. The quantitative estimate of drug-likeness (QED) is 0.126. The van der Waals surface area contributed by atoms with Crippen LogP contribution in [0.5, 0.6) is 0 Å². The van der Waals surface area contributed by atoms with Gasteiger partial charge in [0.15, 0.2) is 0 Å². The van der Waals surface area contributed by atoms with Crippen LogP contribution in [0.25, 0.3) is 100 Å². The van der Waals surface area contributed by atoms with Gasteiger partial charge in [0.25, 0.3) is 0 Å². The molecule has 4 heteroatoms. The molecule has 0 bridgehead atoms. The van der Waals surface area contributed by atoms with E-state index in [4.69, 9.17) is 0 Å². The van der Waals surface area contributed by atoms with E-state index in [0.29, 0.717) is 0 Å². The van der Waals surface area contributed by atoms with Crippen molar-refractivity contribution in [1.82, 2.24) is 0 Å². The molecule has 369 valence electrons. The molecule has 1 aliphatic heterocycles. The first-order valence-corrected chi connectivity index (χ1v) is 39.0. The SMILES string of the molecule is [Cl][Zr]([Cl])([c]1cccc2c1[SiH2]c1ccccc1-2)([CH]1C(c2ccccc2)=Cc2c(-c3ccccc3-c3cccc4ccccc34)cccc21)[CH]1C(c2ccccc2)=Cc2c(-c3ccccc3-c3cccc4ccccc34)cccc21. The Kier molecular flexibility index (Phi) is 11.4. The third kappa shape index (κ3) is 7.34. The molecule has 12 aromatic rings. The van der Waals surface area contributed by atoms with Gasteiger partial charge in [-0.25, -0.2) is 0 Å². The summed E-state index contributed by atoms with van der Waals surface area (Å²) in [6, 6.07) is 101. The van der Waals surface area contributed by atoms with Crippen molar-refractivity contribution in [1.29, 1.82) is 0 Å². The molecular formula is C74H51Cl2SiZr. The van der Waals surface area contributed by atoms with Gasteiger partial charge in [-0.3, -0.25) is 0 Å². The maximum absolute atomic E-state index is 9.80. The van der Waals surface area contributed by atoms with Crippen LogP contribution in [0.3, 0.4) is 0 Å². The standard InChI is InChI=1S/2C31H21.C12H9Si.2ClH.Zr/c2*1-2-10-22(11-3-1)25-20-24-14-9-19-30(31(24)21-25)29-17-7-6-16-28(29)27-18-8-13-23-12-4-5-15-26(23)27;1-3-7-11-9(5-1)10-6-2-4-8-12(10)13-11;;;/h2*1-21H;1-7H,13H2;2*1H;/q;;;;;+2/p-2. The second-order valence-corrected chi connectivity index (χ2v) is 43.8. The van der Waals surface area contributed by atoms with Crippen molar-refractivity contribution in [2.75, 3.05) is 0 Å². The number of allylic oxidation sites excluding steroid dienone is 2. The summed E-state index contributed by atoms with van der Waals surface area (Å²) >= 11 is -6.16. The summed E-state index contributed by atoms with van der Waals surface area (Å²) in [6.45, 7) is 0. The van der Waals surface area contributed by atoms with Crippen LogP contribution in [0.2, 0.25) is 0 Å². The Labute approximate surface area is 466 Å². The van der Waals surface area contributed by atoms with Crippen LogP contribution in [-0.2, 0) is 16.4 Å². The van der Waals surface area contributed by atoms with Crippen molar-refractivity contribution in [3.8, 4) is 55.6 Å². The summed E-state index contributed by atoms with van der Waals surface area (Å²) in [5.41, 5.74) is 21.6. The number of hydrogen-bond acceptors (Lipinski definition) is 0. The van der Waals surface area contributed by atoms with E-state index in [1.54, 1.807) is 0 Å². The van der Waals surface area contributed by atoms with Gasteiger partial charge in [-0.05, 0) is 0 Å². The summed E-state index contributed by atoms with van der Waals surface area (Å²) in [6.07, 6.45) is 4.97. The van der Waals surface area contributed by atoms with Gasteiger partial charge in [-0.2, -0.15) is 0 Å². The van der Waals surface area contributed by atoms with Gasteiger partial charge in [-0.1, -0.05) is 0 Å². The van der Waals surface area contributed by atoms with E-state index in [-0.39, 0.29) is 7.25 Å². The molecule has 2 atom stereocenters. The van der Waals surface area contributed by atoms with E-state index in [0.717, 1.165) is 11.1 Å². The molecule has 3 aliphatic rings. The molecule has 12 aromatic carbocycles. The van der Waals surface area contributed by atoms with Crippen LogP contribution in [0.1, 0.15) is 40.6 Å². The second-order valence-electron chi connectivity index (χ2n) is 21.4. The Morgan fingerprint density at radius 1 is 0.295 bits per heavy atom. The maximum atomic E-state index is 9.80. The van der Waals surface area contributed by atoms with Gasteiger partial charge in [0.2, 0.25) is 0 Å². The number of hydrogen-bond donors (Lipinski definition) is 0. The van der Waals surface area contributed by atoms with E-state index in [1.807, 2.05) is 0 Å². The predicted octanol–water partition coefficient (Wildman–Crippen LogP) is 18.0. The summed E-state index contributed by atoms with van der Waals surface area (Å²) in [5, 5.41) is 7.75. The van der Waals surface area contributed by atoms with Crippen molar-refractivity contribution in [3.63, 3.8) is 0 Å². The first-order valence-electron chi connectivity index (χ1n) is 27.2. The molecule has 0 radical (unpaired) electrons. The molecular weight excluding hydrogens is 1080 g/mol. The Morgan fingerprint density at radius 2 is 0.654 bits per heavy atom. The van der Waals surface area contributed by atoms with Crippen molar-refractivity contribution in [2.24, 2.45) is 0 Å². The third-order valence-corrected chi connectivity index (χ3v) is 39.9. The average Bonchev–Trinajstić information content (AvgIpc) is 4.37. The molecule has 15 rings (SSSR count). The summed E-state index contributed by atoms with van der Waals surface area (Å²) in [7, 11) is 18.6. The second kappa shape index (κ2) is 18.8. The van der Waals surface area contributed by atoms with Crippen molar-refractivity contribution in [3.05, 3.63) is 306 Å². The molecule has 0 N–H and O–H groups in total. The van der Waals surface area contributed by atoms with Crippen LogP contribution in [0.4, 0.5) is 0 Å². The van der Waals surface area contributed by atoms with Gasteiger partial charge in [0.05, 0.1) is 0 Å². The van der Waals surface area contributed by atoms with E-state index in [9.17, 15) is 17.0 Å². The predicted molar refractivity (Wildman–Crippen MR) is 335 cm³/mol. The molecule has 0 amide bonds. The van der Waals surface area contributed by atoms with Gasteiger partial charge in [0, 0.05) is 0 Å². The fraction of sp³-hybridized carbons (Fsp3) is 0.0270.